The molecule has 0 aliphatic heterocycles. The first-order chi connectivity index (χ1) is 44.6. The average molecular weight is 1290 g/mol. The van der Waals surface area contributed by atoms with Gasteiger partial charge in [0.2, 0.25) is 0 Å². The van der Waals surface area contributed by atoms with E-state index in [1.54, 1.807) is 0 Å². The minimum Gasteiger partial charge on any atom is -0.545 e. The molecule has 0 aliphatic carbocycles. The molecule has 0 saturated heterocycles. The Balaban J connectivity index is 3.93. The minimum atomic E-state index is -1.62. The van der Waals surface area contributed by atoms with Gasteiger partial charge in [0.15, 0.2) is 12.4 Å². The lowest BCUT2D eigenvalue weighted by Crippen LogP contribution is -2.44. The van der Waals surface area contributed by atoms with E-state index in [9.17, 15) is 19.5 Å². The molecular weight excluding hydrogens is 1130 g/mol. The molecule has 0 fully saturated rings. The smallest absolute Gasteiger partial charge is 0.306 e. The van der Waals surface area contributed by atoms with Crippen LogP contribution in [0.2, 0.25) is 0 Å². The summed E-state index contributed by atoms with van der Waals surface area (Å²) in [6.45, 7) is 4.83. The molecule has 0 N–H and O–H groups in total. The van der Waals surface area contributed by atoms with Crippen LogP contribution < -0.4 is 5.11 Å². The highest BCUT2D eigenvalue weighted by atomic mass is 16.7. The number of carbonyl (C=O) groups is 3. The Hall–Kier alpha value is -2.23. The van der Waals surface area contributed by atoms with Crippen molar-refractivity contribution in [2.45, 2.75) is 437 Å². The molecule has 0 amide bonds. The predicted octanol–water partition coefficient (Wildman–Crippen LogP) is 24.4. The lowest BCUT2D eigenvalue weighted by molar-refractivity contribution is -0.870. The summed E-state index contributed by atoms with van der Waals surface area (Å²) < 4.78 is 22.9. The molecule has 2 unspecified atom stereocenters. The lowest BCUT2D eigenvalue weighted by Gasteiger charge is -2.26. The van der Waals surface area contributed by atoms with E-state index in [0.29, 0.717) is 17.4 Å². The molecule has 0 heterocycles. The average Bonchev–Trinajstić information content (AvgIpc) is 3.46. The van der Waals surface area contributed by atoms with Gasteiger partial charge in [-0.1, -0.05) is 391 Å². The molecule has 0 radical (unpaired) electrons. The number of carboxylic acids is 1. The fourth-order valence-electron chi connectivity index (χ4n) is 12.5. The second-order valence-corrected chi connectivity index (χ2v) is 29.1. The van der Waals surface area contributed by atoms with Crippen molar-refractivity contribution in [1.29, 1.82) is 0 Å². The van der Waals surface area contributed by atoms with Crippen LogP contribution >= 0.6 is 0 Å². The van der Waals surface area contributed by atoms with Crippen LogP contribution in [0.25, 0.3) is 0 Å². The van der Waals surface area contributed by atoms with Crippen LogP contribution in [0.5, 0.6) is 0 Å². The van der Waals surface area contributed by atoms with Gasteiger partial charge in [0.05, 0.1) is 40.3 Å². The second-order valence-electron chi connectivity index (χ2n) is 29.1. The summed E-state index contributed by atoms with van der Waals surface area (Å²) in [5, 5.41) is 11.9. The molecule has 0 aromatic heterocycles. The molecule has 2 atom stereocenters. The van der Waals surface area contributed by atoms with Crippen LogP contribution in [0.1, 0.15) is 425 Å². The third-order valence-corrected chi connectivity index (χ3v) is 18.7. The Morgan fingerprint density at radius 1 is 0.330 bits per heavy atom. The third-order valence-electron chi connectivity index (χ3n) is 18.7. The van der Waals surface area contributed by atoms with E-state index in [1.165, 1.54) is 353 Å². The number of rotatable bonds is 77. The van der Waals surface area contributed by atoms with Crippen LogP contribution in [-0.4, -0.2) is 82.3 Å². The SMILES string of the molecule is CCCCCCC/C=C\C/C=C\CCCCCCCCCCCCCCCCCCCCCCCCCCCCCC(=O)OC(COC(=O)CCCCCCCCCCCCCCCCCCCCCCCCCCCCC)COC(OCC[N+](C)(C)C)C(=O)[O-]. The Morgan fingerprint density at radius 3 is 0.868 bits per heavy atom. The van der Waals surface area contributed by atoms with E-state index in [4.69, 9.17) is 18.9 Å². The Bertz CT molecular complexity index is 1540. The molecular formula is C82H157NO8. The van der Waals surface area contributed by atoms with Crippen molar-refractivity contribution in [3.8, 4) is 0 Å². The highest BCUT2D eigenvalue weighted by molar-refractivity contribution is 5.70. The van der Waals surface area contributed by atoms with E-state index in [0.717, 1.165) is 44.9 Å². The van der Waals surface area contributed by atoms with Crippen LogP contribution in [0, 0.1) is 0 Å². The number of nitrogens with zero attached hydrogens (tertiary/aromatic N) is 1. The van der Waals surface area contributed by atoms with Gasteiger partial charge in [-0.2, -0.15) is 0 Å². The number of carbonyl (C=O) groups excluding carboxylic acids is 3. The molecule has 538 valence electrons. The topological polar surface area (TPSA) is 111 Å². The summed E-state index contributed by atoms with van der Waals surface area (Å²) in [7, 11) is 5.95. The van der Waals surface area contributed by atoms with E-state index in [1.807, 2.05) is 21.1 Å². The zero-order chi connectivity index (χ0) is 66.1. The number of hydrogen-bond acceptors (Lipinski definition) is 8. The van der Waals surface area contributed by atoms with Gasteiger partial charge in [-0.05, 0) is 44.9 Å². The maximum atomic E-state index is 13.0. The molecule has 0 aliphatic rings. The van der Waals surface area contributed by atoms with E-state index in [2.05, 4.69) is 38.2 Å². The van der Waals surface area contributed by atoms with E-state index < -0.39 is 24.3 Å². The van der Waals surface area contributed by atoms with Gasteiger partial charge < -0.3 is 33.3 Å². The summed E-state index contributed by atoms with van der Waals surface area (Å²) in [6, 6.07) is 0. The Morgan fingerprint density at radius 2 is 0.593 bits per heavy atom. The number of aliphatic carboxylic acids is 1. The van der Waals surface area contributed by atoms with Crippen molar-refractivity contribution in [2.24, 2.45) is 0 Å². The van der Waals surface area contributed by atoms with Gasteiger partial charge >= 0.3 is 11.9 Å². The van der Waals surface area contributed by atoms with Crippen LogP contribution in [0.15, 0.2) is 24.3 Å². The van der Waals surface area contributed by atoms with Crippen molar-refractivity contribution >= 4 is 17.9 Å². The highest BCUT2D eigenvalue weighted by Gasteiger charge is 2.22. The number of esters is 2. The number of ether oxygens (including phenoxy) is 4. The molecule has 91 heavy (non-hydrogen) atoms. The van der Waals surface area contributed by atoms with Crippen molar-refractivity contribution in [1.82, 2.24) is 0 Å². The van der Waals surface area contributed by atoms with E-state index in [-0.39, 0.29) is 32.2 Å². The zero-order valence-corrected chi connectivity index (χ0v) is 61.8. The molecule has 9 heteroatoms. The van der Waals surface area contributed by atoms with Gasteiger partial charge in [0.25, 0.3) is 0 Å². The van der Waals surface area contributed by atoms with Gasteiger partial charge in [0.1, 0.15) is 13.2 Å². The predicted molar refractivity (Wildman–Crippen MR) is 390 cm³/mol. The number of hydrogen-bond donors (Lipinski definition) is 0. The maximum Gasteiger partial charge on any atom is 0.306 e. The van der Waals surface area contributed by atoms with Crippen LogP contribution in [-0.2, 0) is 33.3 Å². The number of carboxylic acid groups (broad SMARTS) is 1. The Kier molecular flexibility index (Phi) is 71.8. The summed E-state index contributed by atoms with van der Waals surface area (Å²) in [5.74, 6) is -2.24. The van der Waals surface area contributed by atoms with Gasteiger partial charge in [0, 0.05) is 12.8 Å². The standard InChI is InChI=1S/C82H157NO8/c1-6-8-10-12-14-16-18-20-22-24-26-28-30-32-34-35-36-37-38-39-40-41-42-43-44-45-47-49-51-53-55-57-59-61-63-65-67-69-71-73-80(85)91-78(77-90-82(81(86)87)88-75-74-83(3,4)5)76-89-79(84)72-70-68-66-64-62-60-58-56-54-52-50-48-46-33-31-29-27-25-23-21-19-17-15-13-11-9-7-2/h18,20,24,26,78,82H,6-17,19,21-23,25,27-77H2,1-5H3/b20-18-,26-24-. The van der Waals surface area contributed by atoms with Crippen LogP contribution in [0.3, 0.4) is 0 Å². The number of quaternary nitrogens is 1. The third kappa shape index (κ3) is 75.0. The highest BCUT2D eigenvalue weighted by Crippen LogP contribution is 2.20. The Labute approximate surface area is 567 Å². The molecule has 0 aromatic rings. The van der Waals surface area contributed by atoms with Gasteiger partial charge in [-0.15, -0.1) is 0 Å². The first-order valence-corrected chi connectivity index (χ1v) is 40.5. The van der Waals surface area contributed by atoms with Gasteiger partial charge in [-0.25, -0.2) is 0 Å². The van der Waals surface area contributed by atoms with Crippen molar-refractivity contribution in [3.05, 3.63) is 24.3 Å². The molecule has 0 aromatic carbocycles. The quantitative estimate of drug-likeness (QED) is 0.0195. The molecule has 0 bridgehead atoms. The summed E-state index contributed by atoms with van der Waals surface area (Å²) in [4.78, 5) is 37.6. The van der Waals surface area contributed by atoms with Crippen molar-refractivity contribution in [3.63, 3.8) is 0 Å². The lowest BCUT2D eigenvalue weighted by atomic mass is 10.0. The zero-order valence-electron chi connectivity index (χ0n) is 61.8. The molecule has 9 nitrogen and oxygen atoms in total. The van der Waals surface area contributed by atoms with Crippen LogP contribution in [0.4, 0.5) is 0 Å². The molecule has 0 rings (SSSR count). The normalized spacial score (nSPS) is 12.7. The fraction of sp³-hybridized carbons (Fsp3) is 0.915. The molecule has 0 spiro atoms. The first kappa shape index (κ1) is 88.8. The minimum absolute atomic E-state index is 0.153. The van der Waals surface area contributed by atoms with Gasteiger partial charge in [-0.3, -0.25) is 9.59 Å². The molecule has 0 saturated carbocycles. The maximum absolute atomic E-state index is 13.0. The number of unbranched alkanes of at least 4 members (excludes halogenated alkanes) is 58. The van der Waals surface area contributed by atoms with Crippen molar-refractivity contribution < 1.29 is 42.9 Å². The summed E-state index contributed by atoms with van der Waals surface area (Å²) in [6.07, 6.45) is 90.3. The largest absolute Gasteiger partial charge is 0.545 e. The summed E-state index contributed by atoms with van der Waals surface area (Å²) in [5.41, 5.74) is 0. The van der Waals surface area contributed by atoms with Crippen molar-refractivity contribution in [2.75, 3.05) is 47.5 Å². The second kappa shape index (κ2) is 73.6. The number of likely N-dealkylation sites (N-methyl/N-ethyl adjacent to an activating group) is 1. The summed E-state index contributed by atoms with van der Waals surface area (Å²) >= 11 is 0. The fourth-order valence-corrected chi connectivity index (χ4v) is 12.5. The number of allylic oxidation sites excluding steroid dienone is 4. The monoisotopic (exact) mass is 1280 g/mol. The first-order valence-electron chi connectivity index (χ1n) is 40.5. The van der Waals surface area contributed by atoms with E-state index >= 15 is 0 Å².